The zero-order valence-corrected chi connectivity index (χ0v) is 8.21. The number of phosphoric acid groups is 1. The molecule has 1 heterocycles. The maximum Gasteiger partial charge on any atom is 0.469 e. The Kier molecular flexibility index (Phi) is 4.03. The zero-order valence-electron chi connectivity index (χ0n) is 7.31. The molecule has 1 saturated heterocycles. The Bertz CT molecular complexity index is 226. The lowest BCUT2D eigenvalue weighted by Crippen LogP contribution is -2.42. The van der Waals surface area contributed by atoms with Crippen LogP contribution < -0.4 is 0 Å². The van der Waals surface area contributed by atoms with Crippen LogP contribution in [0.25, 0.3) is 0 Å². The number of phosphoric ester groups is 1. The van der Waals surface area contributed by atoms with Crippen molar-refractivity contribution in [2.75, 3.05) is 13.2 Å². The highest BCUT2D eigenvalue weighted by Crippen LogP contribution is 2.36. The lowest BCUT2D eigenvalue weighted by atomic mass is 10.0. The molecule has 3 atom stereocenters. The maximum atomic E-state index is 10.3. The molecule has 0 bridgehead atoms. The summed E-state index contributed by atoms with van der Waals surface area (Å²) in [5.74, 6) is 0. The van der Waals surface area contributed by atoms with E-state index < -0.39 is 26.1 Å². The van der Waals surface area contributed by atoms with E-state index >= 15 is 0 Å². The van der Waals surface area contributed by atoms with Crippen molar-refractivity contribution in [2.45, 2.75) is 24.7 Å². The average molecular weight is 228 g/mol. The van der Waals surface area contributed by atoms with Gasteiger partial charge in [-0.2, -0.15) is 0 Å². The molecule has 0 aromatic heterocycles. The molecule has 0 aliphatic carbocycles. The summed E-state index contributed by atoms with van der Waals surface area (Å²) in [5, 5.41) is 18.3. The first kappa shape index (κ1) is 12.1. The maximum absolute atomic E-state index is 10.3. The van der Waals surface area contributed by atoms with E-state index in [1.807, 2.05) is 0 Å². The topological polar surface area (TPSA) is 116 Å². The summed E-state index contributed by atoms with van der Waals surface area (Å²) in [7, 11) is -4.49. The minimum absolute atomic E-state index is 0.0592. The van der Waals surface area contributed by atoms with Gasteiger partial charge in [-0.05, 0) is 0 Å². The number of aliphatic hydroxyl groups excluding tert-OH is 2. The third-order valence-electron chi connectivity index (χ3n) is 1.88. The van der Waals surface area contributed by atoms with Gasteiger partial charge >= 0.3 is 7.82 Å². The number of rotatable bonds is 3. The fourth-order valence-corrected chi connectivity index (χ4v) is 1.50. The Hall–Kier alpha value is -0.0100. The Morgan fingerprint density at radius 3 is 2.50 bits per heavy atom. The predicted octanol–water partition coefficient (Wildman–Crippen LogP) is -1.39. The Labute approximate surface area is 80.5 Å². The molecule has 1 aliphatic rings. The van der Waals surface area contributed by atoms with E-state index in [0.717, 1.165) is 0 Å². The van der Waals surface area contributed by atoms with Gasteiger partial charge < -0.3 is 24.7 Å². The first-order valence-corrected chi connectivity index (χ1v) is 5.59. The van der Waals surface area contributed by atoms with E-state index in [2.05, 4.69) is 4.52 Å². The molecule has 0 unspecified atom stereocenters. The van der Waals surface area contributed by atoms with Crippen LogP contribution in [0.2, 0.25) is 0 Å². The standard InChI is InChI=1S/C6H13O7P/c7-5-1-4(12-3-6(5)8)2-13-14(9,10)11/h4-8H,1-3H2,(H2,9,10,11)/t4-,5-,6+/m0/s1. The molecule has 7 nitrogen and oxygen atoms in total. The second kappa shape index (κ2) is 4.67. The van der Waals surface area contributed by atoms with Crippen LogP contribution in [0.5, 0.6) is 0 Å². The third-order valence-corrected chi connectivity index (χ3v) is 2.37. The minimum atomic E-state index is -4.49. The van der Waals surface area contributed by atoms with Gasteiger partial charge in [-0.1, -0.05) is 0 Å². The first-order chi connectivity index (χ1) is 6.38. The number of hydrogen-bond acceptors (Lipinski definition) is 5. The van der Waals surface area contributed by atoms with Crippen LogP contribution in [0.3, 0.4) is 0 Å². The van der Waals surface area contributed by atoms with Crippen molar-refractivity contribution >= 4 is 7.82 Å². The molecule has 0 aromatic carbocycles. The van der Waals surface area contributed by atoms with Crippen LogP contribution in [0.15, 0.2) is 0 Å². The third kappa shape index (κ3) is 4.02. The molecule has 0 aromatic rings. The minimum Gasteiger partial charge on any atom is -0.390 e. The largest absolute Gasteiger partial charge is 0.469 e. The lowest BCUT2D eigenvalue weighted by Gasteiger charge is -2.30. The summed E-state index contributed by atoms with van der Waals surface area (Å²) >= 11 is 0. The Balaban J connectivity index is 2.30. The molecule has 0 saturated carbocycles. The summed E-state index contributed by atoms with van der Waals surface area (Å²) < 4.78 is 19.5. The number of hydrogen-bond donors (Lipinski definition) is 4. The van der Waals surface area contributed by atoms with Crippen molar-refractivity contribution in [2.24, 2.45) is 0 Å². The Morgan fingerprint density at radius 1 is 1.36 bits per heavy atom. The van der Waals surface area contributed by atoms with Crippen molar-refractivity contribution in [1.29, 1.82) is 0 Å². The van der Waals surface area contributed by atoms with Crippen molar-refractivity contribution in [3.63, 3.8) is 0 Å². The summed E-state index contributed by atoms with van der Waals surface area (Å²) in [5.41, 5.74) is 0. The van der Waals surface area contributed by atoms with Gasteiger partial charge in [0.05, 0.1) is 25.4 Å². The monoisotopic (exact) mass is 228 g/mol. The van der Waals surface area contributed by atoms with Crippen LogP contribution >= 0.6 is 7.82 Å². The molecule has 14 heavy (non-hydrogen) atoms. The summed E-state index contributed by atoms with van der Waals surface area (Å²) in [6.07, 6.45) is -2.38. The van der Waals surface area contributed by atoms with E-state index in [-0.39, 0.29) is 19.6 Å². The highest BCUT2D eigenvalue weighted by molar-refractivity contribution is 7.46. The normalized spacial score (nSPS) is 34.4. The summed E-state index contributed by atoms with van der Waals surface area (Å²) in [6, 6.07) is 0. The van der Waals surface area contributed by atoms with E-state index in [0.29, 0.717) is 0 Å². The molecule has 1 aliphatic heterocycles. The number of aliphatic hydroxyl groups is 2. The predicted molar refractivity (Wildman–Crippen MR) is 44.4 cm³/mol. The van der Waals surface area contributed by atoms with Gasteiger partial charge in [0.15, 0.2) is 0 Å². The van der Waals surface area contributed by atoms with Gasteiger partial charge in [-0.3, -0.25) is 4.52 Å². The molecule has 0 amide bonds. The molecule has 0 spiro atoms. The lowest BCUT2D eigenvalue weighted by molar-refractivity contribution is -0.130. The average Bonchev–Trinajstić information content (AvgIpc) is 2.06. The van der Waals surface area contributed by atoms with Gasteiger partial charge in [-0.15, -0.1) is 0 Å². The second-order valence-electron chi connectivity index (χ2n) is 3.11. The number of ether oxygens (including phenoxy) is 1. The molecule has 0 radical (unpaired) electrons. The molecule has 1 rings (SSSR count). The van der Waals surface area contributed by atoms with Crippen LogP contribution in [0.4, 0.5) is 0 Å². The molecule has 1 fully saturated rings. The van der Waals surface area contributed by atoms with Gasteiger partial charge in [-0.25, -0.2) is 4.57 Å². The molecule has 84 valence electrons. The van der Waals surface area contributed by atoms with Crippen molar-refractivity contribution in [3.8, 4) is 0 Å². The quantitative estimate of drug-likeness (QED) is 0.439. The highest BCUT2D eigenvalue weighted by atomic mass is 31.2. The molecular weight excluding hydrogens is 215 g/mol. The van der Waals surface area contributed by atoms with E-state index in [9.17, 15) is 9.67 Å². The van der Waals surface area contributed by atoms with Crippen LogP contribution in [-0.2, 0) is 13.8 Å². The van der Waals surface area contributed by atoms with E-state index in [1.54, 1.807) is 0 Å². The van der Waals surface area contributed by atoms with Crippen molar-refractivity contribution in [3.05, 3.63) is 0 Å². The molecular formula is C6H13O7P. The van der Waals surface area contributed by atoms with Crippen LogP contribution in [0, 0.1) is 0 Å². The van der Waals surface area contributed by atoms with Crippen LogP contribution in [0.1, 0.15) is 6.42 Å². The SMILES string of the molecule is O=P(O)(O)OC[C@@H]1C[C@H](O)[C@H](O)CO1. The fraction of sp³-hybridized carbons (Fsp3) is 1.00. The summed E-state index contributed by atoms with van der Waals surface area (Å²) in [6.45, 7) is -0.357. The highest BCUT2D eigenvalue weighted by Gasteiger charge is 2.29. The molecule has 8 heteroatoms. The van der Waals surface area contributed by atoms with Gasteiger partial charge in [0.2, 0.25) is 0 Å². The van der Waals surface area contributed by atoms with E-state index in [1.165, 1.54) is 0 Å². The van der Waals surface area contributed by atoms with Gasteiger partial charge in [0.25, 0.3) is 0 Å². The first-order valence-electron chi connectivity index (χ1n) is 4.06. The van der Waals surface area contributed by atoms with E-state index in [4.69, 9.17) is 19.6 Å². The van der Waals surface area contributed by atoms with Crippen molar-refractivity contribution < 1.29 is 33.8 Å². The van der Waals surface area contributed by atoms with Gasteiger partial charge in [0, 0.05) is 6.42 Å². The van der Waals surface area contributed by atoms with Crippen molar-refractivity contribution in [1.82, 2.24) is 0 Å². The second-order valence-corrected chi connectivity index (χ2v) is 4.35. The smallest absolute Gasteiger partial charge is 0.390 e. The summed E-state index contributed by atoms with van der Waals surface area (Å²) in [4.78, 5) is 16.8. The zero-order chi connectivity index (χ0) is 10.8. The van der Waals surface area contributed by atoms with Crippen LogP contribution in [-0.4, -0.2) is 51.5 Å². The van der Waals surface area contributed by atoms with Gasteiger partial charge in [0.1, 0.15) is 6.10 Å². The molecule has 4 N–H and O–H groups in total. The Morgan fingerprint density at radius 2 is 2.00 bits per heavy atom. The fourth-order valence-electron chi connectivity index (χ4n) is 1.14.